The van der Waals surface area contributed by atoms with E-state index in [1.54, 1.807) is 12.1 Å². The molecular weight excluding hydrogens is 421 g/mol. The van der Waals surface area contributed by atoms with Gasteiger partial charge in [-0.3, -0.25) is 9.59 Å². The van der Waals surface area contributed by atoms with Crippen LogP contribution in [0.2, 0.25) is 0 Å². The molecule has 0 bridgehead atoms. The Balaban J connectivity index is 1.91. The van der Waals surface area contributed by atoms with Crippen LogP contribution in [-0.2, 0) is 6.18 Å². The zero-order valence-electron chi connectivity index (χ0n) is 17.9. The van der Waals surface area contributed by atoms with Crippen molar-refractivity contribution >= 4 is 17.3 Å². The van der Waals surface area contributed by atoms with Crippen LogP contribution < -0.4 is 15.6 Å². The Bertz CT molecular complexity index is 1170. The van der Waals surface area contributed by atoms with Crippen LogP contribution in [0.25, 0.3) is 5.69 Å². The molecule has 9 heteroatoms. The molecule has 3 aromatic rings. The molecule has 0 aliphatic carbocycles. The molecule has 32 heavy (non-hydrogen) atoms. The number of rotatable bonds is 6. The Labute approximate surface area is 183 Å². The lowest BCUT2D eigenvalue weighted by atomic mass is 10.2. The summed E-state index contributed by atoms with van der Waals surface area (Å²) < 4.78 is 40.4. The van der Waals surface area contributed by atoms with Gasteiger partial charge in [0.05, 0.1) is 11.3 Å². The summed E-state index contributed by atoms with van der Waals surface area (Å²) in [5, 5.41) is 6.67. The standard InChI is InChI=1S/C23H23F3N4O2/c1-4-29(5-2)18-11-9-17(10-12-18)27-22(32)21-20(31)13-15(3)30(28-21)19-8-6-7-16(14-19)23(24,25)26/h6-14H,4-5H2,1-3H3,(H,27,32). The summed E-state index contributed by atoms with van der Waals surface area (Å²) in [5.74, 6) is -0.744. The average Bonchev–Trinajstić information content (AvgIpc) is 2.75. The van der Waals surface area contributed by atoms with Crippen LogP contribution in [0.4, 0.5) is 24.5 Å². The highest BCUT2D eigenvalue weighted by molar-refractivity contribution is 6.02. The Morgan fingerprint density at radius 3 is 2.31 bits per heavy atom. The summed E-state index contributed by atoms with van der Waals surface area (Å²) in [4.78, 5) is 27.2. The number of hydrogen-bond donors (Lipinski definition) is 1. The van der Waals surface area contributed by atoms with Gasteiger partial charge < -0.3 is 10.2 Å². The molecule has 0 fully saturated rings. The topological polar surface area (TPSA) is 67.2 Å². The average molecular weight is 444 g/mol. The van der Waals surface area contributed by atoms with E-state index in [-0.39, 0.29) is 5.69 Å². The molecule has 1 N–H and O–H groups in total. The summed E-state index contributed by atoms with van der Waals surface area (Å²) in [5.41, 5.74) is -0.0333. The first-order valence-corrected chi connectivity index (χ1v) is 10.1. The van der Waals surface area contributed by atoms with E-state index in [2.05, 4.69) is 15.3 Å². The van der Waals surface area contributed by atoms with Gasteiger partial charge in [0.2, 0.25) is 5.43 Å². The summed E-state index contributed by atoms with van der Waals surface area (Å²) in [6, 6.07) is 12.8. The second-order valence-electron chi connectivity index (χ2n) is 7.13. The van der Waals surface area contributed by atoms with Crippen molar-refractivity contribution in [2.24, 2.45) is 0 Å². The maximum atomic E-state index is 13.1. The van der Waals surface area contributed by atoms with E-state index in [9.17, 15) is 22.8 Å². The molecule has 0 atom stereocenters. The number of aromatic nitrogens is 2. The highest BCUT2D eigenvalue weighted by Crippen LogP contribution is 2.30. The fourth-order valence-electron chi connectivity index (χ4n) is 3.31. The van der Waals surface area contributed by atoms with Crippen LogP contribution >= 0.6 is 0 Å². The maximum absolute atomic E-state index is 13.1. The number of carbonyl (C=O) groups excluding carboxylic acids is 1. The van der Waals surface area contributed by atoms with Crippen LogP contribution in [0.5, 0.6) is 0 Å². The minimum absolute atomic E-state index is 0.0925. The highest BCUT2D eigenvalue weighted by Gasteiger charge is 2.30. The molecule has 1 aromatic heterocycles. The number of anilines is 2. The van der Waals surface area contributed by atoms with E-state index in [1.807, 2.05) is 26.0 Å². The summed E-state index contributed by atoms with van der Waals surface area (Å²) in [6.45, 7) is 7.28. The molecule has 2 aromatic carbocycles. The number of nitrogens with zero attached hydrogens (tertiary/aromatic N) is 3. The molecule has 3 rings (SSSR count). The quantitative estimate of drug-likeness (QED) is 0.601. The molecule has 0 aliphatic heterocycles. The van der Waals surface area contributed by atoms with Crippen molar-refractivity contribution in [3.63, 3.8) is 0 Å². The number of amides is 1. The van der Waals surface area contributed by atoms with Gasteiger partial charge in [-0.25, -0.2) is 4.68 Å². The summed E-state index contributed by atoms with van der Waals surface area (Å²) >= 11 is 0. The van der Waals surface area contributed by atoms with Gasteiger partial charge in [-0.2, -0.15) is 18.3 Å². The van der Waals surface area contributed by atoms with Gasteiger partial charge in [-0.15, -0.1) is 0 Å². The monoisotopic (exact) mass is 444 g/mol. The van der Waals surface area contributed by atoms with Crippen LogP contribution in [0.3, 0.4) is 0 Å². The van der Waals surface area contributed by atoms with Gasteiger partial charge in [-0.05, 0) is 63.2 Å². The Morgan fingerprint density at radius 1 is 1.06 bits per heavy atom. The summed E-state index contributed by atoms with van der Waals surface area (Å²) in [6.07, 6.45) is -4.53. The van der Waals surface area contributed by atoms with E-state index in [0.717, 1.165) is 35.6 Å². The fourth-order valence-corrected chi connectivity index (χ4v) is 3.31. The number of halogens is 3. The van der Waals surface area contributed by atoms with E-state index < -0.39 is 28.8 Å². The molecule has 0 unspecified atom stereocenters. The number of hydrogen-bond acceptors (Lipinski definition) is 4. The molecule has 1 heterocycles. The second kappa shape index (κ2) is 9.25. The number of alkyl halides is 3. The predicted molar refractivity (Wildman–Crippen MR) is 118 cm³/mol. The van der Waals surface area contributed by atoms with Crippen molar-refractivity contribution in [2.45, 2.75) is 26.9 Å². The van der Waals surface area contributed by atoms with Crippen LogP contribution in [0.1, 0.15) is 35.6 Å². The molecule has 6 nitrogen and oxygen atoms in total. The Hall–Kier alpha value is -3.62. The molecule has 0 spiro atoms. The number of carbonyl (C=O) groups is 1. The SMILES string of the molecule is CCN(CC)c1ccc(NC(=O)c2nn(-c3cccc(C(F)(F)F)c3)c(C)cc2=O)cc1. The van der Waals surface area contributed by atoms with Crippen molar-refractivity contribution in [1.29, 1.82) is 0 Å². The van der Waals surface area contributed by atoms with Crippen LogP contribution in [-0.4, -0.2) is 28.8 Å². The third-order valence-electron chi connectivity index (χ3n) is 4.99. The molecular formula is C23H23F3N4O2. The normalized spacial score (nSPS) is 11.3. The molecule has 0 aliphatic rings. The molecule has 0 saturated carbocycles. The predicted octanol–water partition coefficient (Wildman–Crippen LogP) is 4.66. The zero-order valence-corrected chi connectivity index (χ0v) is 17.9. The van der Waals surface area contributed by atoms with E-state index >= 15 is 0 Å². The number of benzene rings is 2. The fraction of sp³-hybridized carbons (Fsp3) is 0.261. The third-order valence-corrected chi connectivity index (χ3v) is 4.99. The van der Waals surface area contributed by atoms with Gasteiger partial charge >= 0.3 is 6.18 Å². The van der Waals surface area contributed by atoms with Crippen molar-refractivity contribution < 1.29 is 18.0 Å². The lowest BCUT2D eigenvalue weighted by molar-refractivity contribution is -0.137. The van der Waals surface area contributed by atoms with Crippen molar-refractivity contribution in [1.82, 2.24) is 9.78 Å². The first-order chi connectivity index (χ1) is 15.1. The minimum atomic E-state index is -4.53. The first kappa shape index (κ1) is 23.1. The van der Waals surface area contributed by atoms with Gasteiger partial charge in [0.15, 0.2) is 5.69 Å². The summed E-state index contributed by atoms with van der Waals surface area (Å²) in [7, 11) is 0. The molecule has 0 saturated heterocycles. The lowest BCUT2D eigenvalue weighted by Gasteiger charge is -2.21. The van der Waals surface area contributed by atoms with Crippen LogP contribution in [0.15, 0.2) is 59.4 Å². The maximum Gasteiger partial charge on any atom is 0.416 e. The Morgan fingerprint density at radius 2 is 1.72 bits per heavy atom. The third kappa shape index (κ3) is 4.99. The van der Waals surface area contributed by atoms with Crippen molar-refractivity contribution in [2.75, 3.05) is 23.3 Å². The van der Waals surface area contributed by atoms with Crippen molar-refractivity contribution in [3.8, 4) is 5.69 Å². The molecule has 168 valence electrons. The lowest BCUT2D eigenvalue weighted by Crippen LogP contribution is -2.27. The first-order valence-electron chi connectivity index (χ1n) is 10.1. The van der Waals surface area contributed by atoms with E-state index in [4.69, 9.17) is 0 Å². The van der Waals surface area contributed by atoms with Gasteiger partial charge in [0.1, 0.15) is 0 Å². The van der Waals surface area contributed by atoms with Crippen molar-refractivity contribution in [3.05, 3.63) is 81.8 Å². The number of aryl methyl sites for hydroxylation is 1. The smallest absolute Gasteiger partial charge is 0.372 e. The van der Waals surface area contributed by atoms with E-state index in [0.29, 0.717) is 11.4 Å². The van der Waals surface area contributed by atoms with Gasteiger partial charge in [0.25, 0.3) is 5.91 Å². The van der Waals surface area contributed by atoms with Gasteiger partial charge in [0, 0.05) is 36.2 Å². The number of nitrogens with one attached hydrogen (secondary N) is 1. The van der Waals surface area contributed by atoms with Crippen LogP contribution in [0, 0.1) is 6.92 Å². The molecule has 1 amide bonds. The molecule has 0 radical (unpaired) electrons. The minimum Gasteiger partial charge on any atom is -0.372 e. The van der Waals surface area contributed by atoms with E-state index in [1.165, 1.54) is 25.1 Å². The largest absolute Gasteiger partial charge is 0.416 e. The second-order valence-corrected chi connectivity index (χ2v) is 7.13. The van der Waals surface area contributed by atoms with Gasteiger partial charge in [-0.1, -0.05) is 6.07 Å². The highest BCUT2D eigenvalue weighted by atomic mass is 19.4. The Kier molecular flexibility index (Phi) is 6.67. The zero-order chi connectivity index (χ0) is 23.5.